The lowest BCUT2D eigenvalue weighted by Gasteiger charge is -2.34. The van der Waals surface area contributed by atoms with Gasteiger partial charge in [0, 0.05) is 13.1 Å². The maximum Gasteiger partial charge on any atom is 0.103 e. The van der Waals surface area contributed by atoms with Gasteiger partial charge in [-0.05, 0) is 19.4 Å². The minimum absolute atomic E-state index is 0.147. The van der Waals surface area contributed by atoms with E-state index in [4.69, 9.17) is 4.74 Å². The zero-order valence-electron chi connectivity index (χ0n) is 8.84. The van der Waals surface area contributed by atoms with Gasteiger partial charge in [-0.25, -0.2) is 0 Å². The summed E-state index contributed by atoms with van der Waals surface area (Å²) in [6.07, 6.45) is 0. The third kappa shape index (κ3) is 1.81. The van der Waals surface area contributed by atoms with Crippen molar-refractivity contribution in [2.45, 2.75) is 19.4 Å². The van der Waals surface area contributed by atoms with Crippen LogP contribution >= 0.6 is 0 Å². The first-order valence-electron chi connectivity index (χ1n) is 5.12. The number of ether oxygens (including phenoxy) is 1. The molecule has 2 heteroatoms. The van der Waals surface area contributed by atoms with Crippen LogP contribution in [0, 0.1) is 6.92 Å². The van der Waals surface area contributed by atoms with Crippen LogP contribution in [0.25, 0.3) is 0 Å². The number of hydrogen-bond acceptors (Lipinski definition) is 2. The molecule has 0 bridgehead atoms. The second-order valence-corrected chi connectivity index (χ2v) is 4.12. The molecule has 1 atom stereocenters. The highest BCUT2D eigenvalue weighted by Gasteiger charge is 2.29. The van der Waals surface area contributed by atoms with E-state index >= 15 is 0 Å². The van der Waals surface area contributed by atoms with Crippen molar-refractivity contribution in [3.05, 3.63) is 35.4 Å². The predicted molar refractivity (Wildman–Crippen MR) is 57.4 cm³/mol. The van der Waals surface area contributed by atoms with Gasteiger partial charge in [-0.2, -0.15) is 0 Å². The summed E-state index contributed by atoms with van der Waals surface area (Å²) in [7, 11) is 0. The van der Waals surface area contributed by atoms with Gasteiger partial charge < -0.3 is 10.1 Å². The van der Waals surface area contributed by atoms with E-state index in [9.17, 15) is 0 Å². The maximum atomic E-state index is 5.83. The molecule has 0 radical (unpaired) electrons. The fourth-order valence-corrected chi connectivity index (χ4v) is 1.82. The zero-order valence-corrected chi connectivity index (χ0v) is 8.84. The highest BCUT2D eigenvalue weighted by atomic mass is 16.5. The molecule has 0 aromatic heterocycles. The zero-order chi connectivity index (χ0) is 10.0. The Morgan fingerprint density at radius 3 is 2.57 bits per heavy atom. The van der Waals surface area contributed by atoms with Crippen LogP contribution in [0.2, 0.25) is 0 Å². The average molecular weight is 191 g/mol. The molecular weight excluding hydrogens is 174 g/mol. The Kier molecular flexibility index (Phi) is 2.57. The van der Waals surface area contributed by atoms with E-state index in [0.717, 1.165) is 19.7 Å². The topological polar surface area (TPSA) is 21.3 Å². The highest BCUT2D eigenvalue weighted by molar-refractivity contribution is 5.26. The van der Waals surface area contributed by atoms with Crippen LogP contribution in [-0.2, 0) is 10.3 Å². The summed E-state index contributed by atoms with van der Waals surface area (Å²) in [5.41, 5.74) is 2.41. The van der Waals surface area contributed by atoms with Crippen molar-refractivity contribution in [2.24, 2.45) is 0 Å². The van der Waals surface area contributed by atoms with Gasteiger partial charge in [0.25, 0.3) is 0 Å². The van der Waals surface area contributed by atoms with Gasteiger partial charge in [0.2, 0.25) is 0 Å². The molecule has 1 N–H and O–H groups in total. The average Bonchev–Trinajstić information content (AvgIpc) is 2.19. The smallest absolute Gasteiger partial charge is 0.103 e. The minimum Gasteiger partial charge on any atom is -0.368 e. The van der Waals surface area contributed by atoms with E-state index in [-0.39, 0.29) is 5.60 Å². The first-order valence-corrected chi connectivity index (χ1v) is 5.12. The Labute approximate surface area is 85.3 Å². The second kappa shape index (κ2) is 3.71. The largest absolute Gasteiger partial charge is 0.368 e. The molecule has 0 spiro atoms. The maximum absolute atomic E-state index is 5.83. The summed E-state index contributed by atoms with van der Waals surface area (Å²) < 4.78 is 5.83. The molecule has 0 amide bonds. The number of morpholine rings is 1. The molecule has 0 saturated carbocycles. The van der Waals surface area contributed by atoms with Gasteiger partial charge in [-0.1, -0.05) is 29.8 Å². The molecule has 1 aliphatic rings. The summed E-state index contributed by atoms with van der Waals surface area (Å²) in [5.74, 6) is 0. The monoisotopic (exact) mass is 191 g/mol. The van der Waals surface area contributed by atoms with Gasteiger partial charge in [0.05, 0.1) is 6.61 Å². The van der Waals surface area contributed by atoms with Crippen LogP contribution in [0.1, 0.15) is 18.1 Å². The van der Waals surface area contributed by atoms with Crippen molar-refractivity contribution in [1.82, 2.24) is 5.32 Å². The molecule has 1 saturated heterocycles. The fraction of sp³-hybridized carbons (Fsp3) is 0.500. The number of benzene rings is 1. The number of aryl methyl sites for hydroxylation is 1. The van der Waals surface area contributed by atoms with E-state index in [1.165, 1.54) is 11.1 Å². The summed E-state index contributed by atoms with van der Waals surface area (Å²) in [6, 6.07) is 8.59. The van der Waals surface area contributed by atoms with E-state index < -0.39 is 0 Å². The van der Waals surface area contributed by atoms with Crippen molar-refractivity contribution in [3.8, 4) is 0 Å². The first kappa shape index (κ1) is 9.69. The van der Waals surface area contributed by atoms with Crippen molar-refractivity contribution >= 4 is 0 Å². The molecule has 0 unspecified atom stereocenters. The summed E-state index contributed by atoms with van der Waals surface area (Å²) in [5, 5.41) is 3.36. The SMILES string of the molecule is Cc1ccc([C@@]2(C)CNCCO2)cc1. The molecule has 1 heterocycles. The van der Waals surface area contributed by atoms with Gasteiger partial charge in [0.1, 0.15) is 5.60 Å². The van der Waals surface area contributed by atoms with Crippen molar-refractivity contribution in [2.75, 3.05) is 19.7 Å². The fourth-order valence-electron chi connectivity index (χ4n) is 1.82. The Bertz CT molecular complexity index is 299. The van der Waals surface area contributed by atoms with Crippen LogP contribution in [0.15, 0.2) is 24.3 Å². The Morgan fingerprint density at radius 1 is 1.29 bits per heavy atom. The first-order chi connectivity index (χ1) is 6.71. The van der Waals surface area contributed by atoms with Crippen molar-refractivity contribution in [1.29, 1.82) is 0 Å². The molecular formula is C12H17NO. The molecule has 1 aliphatic heterocycles. The Balaban J connectivity index is 2.23. The van der Waals surface area contributed by atoms with Crippen LogP contribution < -0.4 is 5.32 Å². The van der Waals surface area contributed by atoms with Crippen molar-refractivity contribution in [3.63, 3.8) is 0 Å². The molecule has 76 valence electrons. The molecule has 2 rings (SSSR count). The standard InChI is InChI=1S/C12H17NO/c1-10-3-5-11(6-4-10)12(2)9-13-7-8-14-12/h3-6,13H,7-9H2,1-2H3/t12-/m1/s1. The van der Waals surface area contributed by atoms with Crippen LogP contribution in [0.3, 0.4) is 0 Å². The molecule has 14 heavy (non-hydrogen) atoms. The number of hydrogen-bond donors (Lipinski definition) is 1. The van der Waals surface area contributed by atoms with E-state index in [1.807, 2.05) is 0 Å². The molecule has 2 nitrogen and oxygen atoms in total. The lowest BCUT2D eigenvalue weighted by atomic mass is 9.94. The lowest BCUT2D eigenvalue weighted by molar-refractivity contribution is -0.0572. The van der Waals surface area contributed by atoms with Crippen molar-refractivity contribution < 1.29 is 4.74 Å². The quantitative estimate of drug-likeness (QED) is 0.731. The number of rotatable bonds is 1. The number of nitrogens with one attached hydrogen (secondary N) is 1. The predicted octanol–water partition coefficient (Wildman–Crippen LogP) is 1.83. The van der Waals surface area contributed by atoms with Crippen LogP contribution in [0.5, 0.6) is 0 Å². The Morgan fingerprint density at radius 2 is 2.00 bits per heavy atom. The molecule has 1 fully saturated rings. The van der Waals surface area contributed by atoms with Crippen LogP contribution in [-0.4, -0.2) is 19.7 Å². The van der Waals surface area contributed by atoms with Gasteiger partial charge in [0.15, 0.2) is 0 Å². The summed E-state index contributed by atoms with van der Waals surface area (Å²) >= 11 is 0. The molecule has 1 aromatic rings. The highest BCUT2D eigenvalue weighted by Crippen LogP contribution is 2.26. The third-order valence-electron chi connectivity index (χ3n) is 2.82. The van der Waals surface area contributed by atoms with Crippen LogP contribution in [0.4, 0.5) is 0 Å². The van der Waals surface area contributed by atoms with E-state index in [1.54, 1.807) is 0 Å². The second-order valence-electron chi connectivity index (χ2n) is 4.12. The summed E-state index contributed by atoms with van der Waals surface area (Å²) in [4.78, 5) is 0. The molecule has 0 aliphatic carbocycles. The van der Waals surface area contributed by atoms with Gasteiger partial charge >= 0.3 is 0 Å². The van der Waals surface area contributed by atoms with E-state index in [2.05, 4.69) is 43.4 Å². The lowest BCUT2D eigenvalue weighted by Crippen LogP contribution is -2.45. The normalized spacial score (nSPS) is 27.6. The van der Waals surface area contributed by atoms with Gasteiger partial charge in [-0.15, -0.1) is 0 Å². The van der Waals surface area contributed by atoms with Gasteiger partial charge in [-0.3, -0.25) is 0 Å². The minimum atomic E-state index is -0.147. The van der Waals surface area contributed by atoms with E-state index in [0.29, 0.717) is 0 Å². The molecule has 1 aromatic carbocycles. The third-order valence-corrected chi connectivity index (χ3v) is 2.82. The summed E-state index contributed by atoms with van der Waals surface area (Å²) in [6.45, 7) is 6.90. The Hall–Kier alpha value is -0.860.